The lowest BCUT2D eigenvalue weighted by atomic mass is 10.0. The third-order valence-corrected chi connectivity index (χ3v) is 4.81. The average Bonchev–Trinajstić information content (AvgIpc) is 3.34. The van der Waals surface area contributed by atoms with Crippen LogP contribution in [0.4, 0.5) is 0 Å². The number of nitrogens with one attached hydrogen (secondary N) is 1. The minimum Gasteiger partial charge on any atom is -0.486 e. The van der Waals surface area contributed by atoms with Gasteiger partial charge in [-0.1, -0.05) is 11.2 Å². The first kappa shape index (κ1) is 20.1. The Labute approximate surface area is 170 Å². The van der Waals surface area contributed by atoms with Gasteiger partial charge >= 0.3 is 0 Å². The number of fused-ring (bicyclic) bond motifs is 1. The number of thiazole rings is 1. The van der Waals surface area contributed by atoms with Crippen molar-refractivity contribution in [3.63, 3.8) is 0 Å². The number of carbonyl (C=O) groups excluding carboxylic acids is 1. The topological polar surface area (TPSA) is 125 Å². The highest BCUT2D eigenvalue weighted by atomic mass is 35.5. The van der Waals surface area contributed by atoms with Crippen molar-refractivity contribution in [1.82, 2.24) is 20.4 Å². The fourth-order valence-corrected chi connectivity index (χ4v) is 3.34. The minimum absolute atomic E-state index is 0. The van der Waals surface area contributed by atoms with Crippen molar-refractivity contribution in [3.8, 4) is 11.5 Å². The highest BCUT2D eigenvalue weighted by Gasteiger charge is 2.25. The van der Waals surface area contributed by atoms with Crippen LogP contribution in [-0.4, -0.2) is 34.2 Å². The zero-order valence-corrected chi connectivity index (χ0v) is 16.5. The number of aromatic nitrogens is 3. The van der Waals surface area contributed by atoms with Gasteiger partial charge in [0.1, 0.15) is 30.0 Å². The molecule has 1 atom stereocenters. The van der Waals surface area contributed by atoms with Crippen LogP contribution in [0.1, 0.15) is 38.8 Å². The SMILES string of the molecule is Cc1nc(C(NC(=O)c2csc(CN)n2)c2ccc3c(c2)OCCO3)no1.Cl. The number of halogens is 1. The van der Waals surface area contributed by atoms with E-state index >= 15 is 0 Å². The van der Waals surface area contributed by atoms with E-state index in [-0.39, 0.29) is 24.9 Å². The molecule has 2 aromatic heterocycles. The van der Waals surface area contributed by atoms with Gasteiger partial charge in [0.15, 0.2) is 17.3 Å². The van der Waals surface area contributed by atoms with Gasteiger partial charge in [0.25, 0.3) is 5.91 Å². The minimum atomic E-state index is -0.631. The summed E-state index contributed by atoms with van der Waals surface area (Å²) in [5, 5.41) is 9.22. The van der Waals surface area contributed by atoms with Crippen LogP contribution < -0.4 is 20.5 Å². The first-order valence-corrected chi connectivity index (χ1v) is 9.17. The summed E-state index contributed by atoms with van der Waals surface area (Å²) in [6, 6.07) is 4.80. The maximum atomic E-state index is 12.7. The molecule has 1 aromatic carbocycles. The number of hydrogen-bond acceptors (Lipinski definition) is 9. The number of carbonyl (C=O) groups is 1. The van der Waals surface area contributed by atoms with Gasteiger partial charge in [0.2, 0.25) is 5.89 Å². The van der Waals surface area contributed by atoms with E-state index in [1.807, 2.05) is 6.07 Å². The Kier molecular flexibility index (Phi) is 6.12. The van der Waals surface area contributed by atoms with Gasteiger partial charge in [-0.15, -0.1) is 23.7 Å². The molecule has 0 radical (unpaired) electrons. The summed E-state index contributed by atoms with van der Waals surface area (Å²) in [7, 11) is 0. The number of ether oxygens (including phenoxy) is 2. The molecule has 0 aliphatic carbocycles. The molecule has 11 heteroatoms. The summed E-state index contributed by atoms with van der Waals surface area (Å²) in [6.45, 7) is 2.94. The van der Waals surface area contributed by atoms with Crippen LogP contribution in [0.3, 0.4) is 0 Å². The molecule has 1 amide bonds. The lowest BCUT2D eigenvalue weighted by Gasteiger charge is -2.21. The normalized spacial score (nSPS) is 13.5. The molecule has 0 saturated carbocycles. The van der Waals surface area contributed by atoms with Crippen molar-refractivity contribution >= 4 is 29.7 Å². The van der Waals surface area contributed by atoms with E-state index in [2.05, 4.69) is 20.4 Å². The lowest BCUT2D eigenvalue weighted by molar-refractivity contribution is 0.0936. The molecule has 1 aliphatic rings. The smallest absolute Gasteiger partial charge is 0.271 e. The highest BCUT2D eigenvalue weighted by molar-refractivity contribution is 7.09. The predicted octanol–water partition coefficient (Wildman–Crippen LogP) is 2.01. The van der Waals surface area contributed by atoms with Crippen molar-refractivity contribution in [3.05, 3.63) is 51.6 Å². The van der Waals surface area contributed by atoms with E-state index in [1.54, 1.807) is 24.4 Å². The fourth-order valence-electron chi connectivity index (χ4n) is 2.68. The van der Waals surface area contributed by atoms with Crippen molar-refractivity contribution in [2.75, 3.05) is 13.2 Å². The highest BCUT2D eigenvalue weighted by Crippen LogP contribution is 2.34. The van der Waals surface area contributed by atoms with Gasteiger partial charge in [0.05, 0.1) is 0 Å². The monoisotopic (exact) mass is 423 g/mol. The number of nitrogens with zero attached hydrogens (tertiary/aromatic N) is 3. The van der Waals surface area contributed by atoms with Crippen molar-refractivity contribution in [1.29, 1.82) is 0 Å². The van der Waals surface area contributed by atoms with Gasteiger partial charge in [-0.25, -0.2) is 4.98 Å². The summed E-state index contributed by atoms with van der Waals surface area (Å²) in [5.74, 6) is 1.66. The second kappa shape index (κ2) is 8.55. The molecule has 0 fully saturated rings. The molecule has 4 rings (SSSR count). The number of nitrogens with two attached hydrogens (primary N) is 1. The Morgan fingerprint density at radius 1 is 1.29 bits per heavy atom. The standard InChI is InChI=1S/C17H17N5O4S.ClH/c1-9-19-16(22-26-9)15(21-17(23)11-8-27-14(7-18)20-11)10-2-3-12-13(6-10)25-5-4-24-12;/h2-3,6,8,15H,4-5,7,18H2,1H3,(H,21,23);1H. The molecular weight excluding hydrogens is 406 g/mol. The summed E-state index contributed by atoms with van der Waals surface area (Å²) >= 11 is 1.34. The summed E-state index contributed by atoms with van der Waals surface area (Å²) in [5.41, 5.74) is 6.61. The predicted molar refractivity (Wildman–Crippen MR) is 103 cm³/mol. The summed E-state index contributed by atoms with van der Waals surface area (Å²) in [6.07, 6.45) is 0. The van der Waals surface area contributed by atoms with E-state index in [0.29, 0.717) is 47.1 Å². The van der Waals surface area contributed by atoms with Crippen LogP contribution in [-0.2, 0) is 6.54 Å². The Hall–Kier alpha value is -2.69. The molecule has 3 aromatic rings. The van der Waals surface area contributed by atoms with E-state index in [4.69, 9.17) is 19.7 Å². The first-order chi connectivity index (χ1) is 13.1. The van der Waals surface area contributed by atoms with Gasteiger partial charge in [-0.05, 0) is 17.7 Å². The maximum absolute atomic E-state index is 12.7. The third kappa shape index (κ3) is 4.08. The largest absolute Gasteiger partial charge is 0.486 e. The lowest BCUT2D eigenvalue weighted by Crippen LogP contribution is -2.30. The maximum Gasteiger partial charge on any atom is 0.271 e. The van der Waals surface area contributed by atoms with Crippen molar-refractivity contribution < 1.29 is 18.8 Å². The van der Waals surface area contributed by atoms with E-state index in [9.17, 15) is 4.79 Å². The Morgan fingerprint density at radius 2 is 2.07 bits per heavy atom. The van der Waals surface area contributed by atoms with Crippen LogP contribution in [0.2, 0.25) is 0 Å². The molecule has 1 unspecified atom stereocenters. The molecule has 148 valence electrons. The Balaban J connectivity index is 0.00000225. The molecule has 0 spiro atoms. The molecule has 28 heavy (non-hydrogen) atoms. The first-order valence-electron chi connectivity index (χ1n) is 8.29. The Bertz CT molecular complexity index is 976. The fraction of sp³-hybridized carbons (Fsp3) is 0.294. The Morgan fingerprint density at radius 3 is 2.75 bits per heavy atom. The van der Waals surface area contributed by atoms with Gasteiger partial charge < -0.3 is 25.0 Å². The molecule has 3 N–H and O–H groups in total. The quantitative estimate of drug-likeness (QED) is 0.638. The molecule has 0 saturated heterocycles. The second-order valence-electron chi connectivity index (χ2n) is 5.81. The molecule has 0 bridgehead atoms. The number of benzene rings is 1. The average molecular weight is 424 g/mol. The van der Waals surface area contributed by atoms with E-state index < -0.39 is 6.04 Å². The number of hydrogen-bond donors (Lipinski definition) is 2. The van der Waals surface area contributed by atoms with E-state index in [0.717, 1.165) is 5.56 Å². The zero-order valence-electron chi connectivity index (χ0n) is 14.9. The van der Waals surface area contributed by atoms with Gasteiger partial charge in [0, 0.05) is 18.8 Å². The molecule has 3 heterocycles. The zero-order chi connectivity index (χ0) is 18.8. The van der Waals surface area contributed by atoms with Crippen LogP contribution in [0, 0.1) is 6.92 Å². The van der Waals surface area contributed by atoms with Crippen LogP contribution >= 0.6 is 23.7 Å². The molecule has 1 aliphatic heterocycles. The van der Waals surface area contributed by atoms with E-state index in [1.165, 1.54) is 11.3 Å². The van der Waals surface area contributed by atoms with Crippen LogP contribution in [0.25, 0.3) is 0 Å². The third-order valence-electron chi connectivity index (χ3n) is 3.94. The summed E-state index contributed by atoms with van der Waals surface area (Å²) < 4.78 is 16.3. The van der Waals surface area contributed by atoms with Crippen molar-refractivity contribution in [2.45, 2.75) is 19.5 Å². The van der Waals surface area contributed by atoms with Crippen molar-refractivity contribution in [2.24, 2.45) is 5.73 Å². The van der Waals surface area contributed by atoms with Gasteiger partial charge in [-0.3, -0.25) is 4.79 Å². The second-order valence-corrected chi connectivity index (χ2v) is 6.75. The number of rotatable bonds is 5. The molecule has 9 nitrogen and oxygen atoms in total. The number of aryl methyl sites for hydroxylation is 1. The molecular formula is C17H18ClN5O4S. The number of amides is 1. The van der Waals surface area contributed by atoms with Gasteiger partial charge in [-0.2, -0.15) is 4.98 Å². The van der Waals surface area contributed by atoms with Crippen LogP contribution in [0.5, 0.6) is 11.5 Å². The van der Waals surface area contributed by atoms with Crippen LogP contribution in [0.15, 0.2) is 28.1 Å². The summed E-state index contributed by atoms with van der Waals surface area (Å²) in [4.78, 5) is 21.2.